The van der Waals surface area contributed by atoms with E-state index in [-0.39, 0.29) is 12.5 Å². The van der Waals surface area contributed by atoms with Crippen molar-refractivity contribution in [2.75, 3.05) is 12.3 Å². The number of para-hydroxylation sites is 1. The van der Waals surface area contributed by atoms with Crippen molar-refractivity contribution in [3.8, 4) is 16.9 Å². The van der Waals surface area contributed by atoms with E-state index in [0.29, 0.717) is 17.1 Å². The number of hydrogen-bond donors (Lipinski definition) is 2. The quantitative estimate of drug-likeness (QED) is 0.399. The van der Waals surface area contributed by atoms with Crippen molar-refractivity contribution in [3.05, 3.63) is 84.4 Å². The largest absolute Gasteiger partial charge is 0.483 e. The van der Waals surface area contributed by atoms with E-state index in [1.165, 1.54) is 0 Å². The average Bonchev–Trinajstić information content (AvgIpc) is 2.72. The molecule has 3 N–H and O–H groups in total. The molecule has 0 saturated carbocycles. The fourth-order valence-corrected chi connectivity index (χ4v) is 2.56. The minimum atomic E-state index is -0.326. The van der Waals surface area contributed by atoms with Gasteiger partial charge in [-0.15, -0.1) is 0 Å². The smallest absolute Gasteiger partial charge is 0.277 e. The van der Waals surface area contributed by atoms with Gasteiger partial charge in [-0.1, -0.05) is 60.7 Å². The first-order chi connectivity index (χ1) is 13.1. The minimum absolute atomic E-state index is 0.123. The van der Waals surface area contributed by atoms with Crippen molar-refractivity contribution in [1.29, 1.82) is 0 Å². The fourth-order valence-electron chi connectivity index (χ4n) is 2.56. The molecule has 5 heteroatoms. The lowest BCUT2D eigenvalue weighted by Gasteiger charge is -2.11. The van der Waals surface area contributed by atoms with Crippen LogP contribution in [0.4, 0.5) is 5.69 Å². The summed E-state index contributed by atoms with van der Waals surface area (Å²) in [7, 11) is 0. The number of hydrazone groups is 1. The zero-order valence-electron chi connectivity index (χ0n) is 15.1. The molecule has 136 valence electrons. The average molecular weight is 359 g/mol. The molecule has 0 saturated heterocycles. The van der Waals surface area contributed by atoms with Crippen LogP contribution in [0.3, 0.4) is 0 Å². The van der Waals surface area contributed by atoms with Gasteiger partial charge in [0.1, 0.15) is 5.75 Å². The maximum absolute atomic E-state index is 12.1. The Morgan fingerprint density at radius 2 is 1.63 bits per heavy atom. The topological polar surface area (TPSA) is 76.7 Å². The van der Waals surface area contributed by atoms with Crippen LogP contribution in [0.25, 0.3) is 11.1 Å². The second-order valence-corrected chi connectivity index (χ2v) is 6.01. The zero-order chi connectivity index (χ0) is 19.1. The predicted octanol–water partition coefficient (Wildman–Crippen LogP) is 3.86. The third-order valence-corrected chi connectivity index (χ3v) is 4.01. The lowest BCUT2D eigenvalue weighted by atomic mass is 10.1. The van der Waals surface area contributed by atoms with Crippen molar-refractivity contribution < 1.29 is 9.53 Å². The summed E-state index contributed by atoms with van der Waals surface area (Å²) in [5.41, 5.74) is 12.4. The van der Waals surface area contributed by atoms with E-state index < -0.39 is 0 Å². The van der Waals surface area contributed by atoms with Crippen molar-refractivity contribution in [3.63, 3.8) is 0 Å². The minimum Gasteiger partial charge on any atom is -0.483 e. The summed E-state index contributed by atoms with van der Waals surface area (Å²) in [6.07, 6.45) is 0. The molecule has 3 aromatic rings. The molecule has 3 rings (SSSR count). The van der Waals surface area contributed by atoms with E-state index in [1.54, 1.807) is 12.1 Å². The van der Waals surface area contributed by atoms with Crippen molar-refractivity contribution >= 4 is 17.3 Å². The Morgan fingerprint density at radius 3 is 2.37 bits per heavy atom. The van der Waals surface area contributed by atoms with Crippen molar-refractivity contribution in [2.45, 2.75) is 6.92 Å². The molecule has 27 heavy (non-hydrogen) atoms. The second-order valence-electron chi connectivity index (χ2n) is 6.01. The lowest BCUT2D eigenvalue weighted by molar-refractivity contribution is -0.123. The van der Waals surface area contributed by atoms with E-state index in [2.05, 4.69) is 10.5 Å². The molecule has 0 aliphatic heterocycles. The van der Waals surface area contributed by atoms with Gasteiger partial charge in [0.2, 0.25) is 0 Å². The van der Waals surface area contributed by atoms with Crippen molar-refractivity contribution in [2.24, 2.45) is 5.10 Å². The van der Waals surface area contributed by atoms with Crippen LogP contribution < -0.4 is 15.9 Å². The number of nitrogens with zero attached hydrogens (tertiary/aromatic N) is 1. The standard InChI is InChI=1S/C22H21N3O2/c1-16(17-11-13-19(23)14-12-17)24-25-22(26)15-27-21-10-6-5-9-20(21)18-7-3-2-4-8-18/h2-14H,15,23H2,1H3,(H,25,26). The van der Waals surface area contributed by atoms with Gasteiger partial charge < -0.3 is 10.5 Å². The van der Waals surface area contributed by atoms with Gasteiger partial charge in [-0.2, -0.15) is 5.10 Å². The summed E-state index contributed by atoms with van der Waals surface area (Å²) in [6, 6.07) is 24.8. The molecule has 0 aliphatic rings. The number of hydrogen-bond acceptors (Lipinski definition) is 4. The molecule has 0 bridgehead atoms. The van der Waals surface area contributed by atoms with Crippen LogP contribution in [-0.2, 0) is 4.79 Å². The Morgan fingerprint density at radius 1 is 0.963 bits per heavy atom. The summed E-state index contributed by atoms with van der Waals surface area (Å²) in [5.74, 6) is 0.325. The van der Waals surface area contributed by atoms with E-state index >= 15 is 0 Å². The second kappa shape index (κ2) is 8.67. The third-order valence-electron chi connectivity index (χ3n) is 4.01. The Hall–Kier alpha value is -3.60. The molecule has 0 unspecified atom stereocenters. The summed E-state index contributed by atoms with van der Waals surface area (Å²) in [6.45, 7) is 1.69. The molecule has 0 aliphatic carbocycles. The number of nitrogens with two attached hydrogens (primary N) is 1. The fraction of sp³-hybridized carbons (Fsp3) is 0.0909. The molecule has 1 amide bonds. The molecule has 0 spiro atoms. The van der Waals surface area contributed by atoms with Crippen LogP contribution in [0.15, 0.2) is 84.0 Å². The van der Waals surface area contributed by atoms with E-state index in [0.717, 1.165) is 16.7 Å². The van der Waals surface area contributed by atoms with Crippen LogP contribution in [-0.4, -0.2) is 18.2 Å². The first-order valence-electron chi connectivity index (χ1n) is 8.60. The van der Waals surface area contributed by atoms with Gasteiger partial charge in [0.05, 0.1) is 5.71 Å². The molecule has 0 radical (unpaired) electrons. The highest BCUT2D eigenvalue weighted by molar-refractivity contribution is 5.99. The molecule has 0 fully saturated rings. The van der Waals surface area contributed by atoms with Gasteiger partial charge in [0.25, 0.3) is 5.91 Å². The molecular weight excluding hydrogens is 338 g/mol. The SMILES string of the molecule is CC(=NNC(=O)COc1ccccc1-c1ccccc1)c1ccc(N)cc1. The summed E-state index contributed by atoms with van der Waals surface area (Å²) < 4.78 is 5.71. The predicted molar refractivity (Wildman–Crippen MR) is 109 cm³/mol. The third kappa shape index (κ3) is 4.95. The number of amides is 1. The van der Waals surface area contributed by atoms with E-state index in [9.17, 15) is 4.79 Å². The van der Waals surface area contributed by atoms with Gasteiger partial charge in [0, 0.05) is 11.3 Å². The Kier molecular flexibility index (Phi) is 5.84. The normalized spacial score (nSPS) is 11.1. The van der Waals surface area contributed by atoms with Gasteiger partial charge in [-0.3, -0.25) is 4.79 Å². The van der Waals surface area contributed by atoms with Crippen molar-refractivity contribution in [1.82, 2.24) is 5.43 Å². The van der Waals surface area contributed by atoms with Crippen LogP contribution in [0.5, 0.6) is 5.75 Å². The number of ether oxygens (including phenoxy) is 1. The number of carbonyl (C=O) groups excluding carboxylic acids is 1. The molecule has 3 aromatic carbocycles. The summed E-state index contributed by atoms with van der Waals surface area (Å²) in [5, 5.41) is 4.11. The van der Waals surface area contributed by atoms with Gasteiger partial charge in [-0.05, 0) is 36.2 Å². The molecule has 0 aromatic heterocycles. The highest BCUT2D eigenvalue weighted by atomic mass is 16.5. The van der Waals surface area contributed by atoms with Crippen LogP contribution in [0.2, 0.25) is 0 Å². The number of benzene rings is 3. The zero-order valence-corrected chi connectivity index (χ0v) is 15.1. The monoisotopic (exact) mass is 359 g/mol. The maximum Gasteiger partial charge on any atom is 0.277 e. The number of carbonyl (C=O) groups is 1. The number of nitrogen functional groups attached to an aromatic ring is 1. The first kappa shape index (κ1) is 18.2. The van der Waals surface area contributed by atoms with Gasteiger partial charge >= 0.3 is 0 Å². The molecule has 0 heterocycles. The lowest BCUT2D eigenvalue weighted by Crippen LogP contribution is -2.25. The number of nitrogens with one attached hydrogen (secondary N) is 1. The molecule has 0 atom stereocenters. The summed E-state index contributed by atoms with van der Waals surface area (Å²) in [4.78, 5) is 12.1. The number of anilines is 1. The highest BCUT2D eigenvalue weighted by Crippen LogP contribution is 2.29. The van der Waals surface area contributed by atoms with Crippen LogP contribution >= 0.6 is 0 Å². The van der Waals surface area contributed by atoms with Crippen LogP contribution in [0.1, 0.15) is 12.5 Å². The molecular formula is C22H21N3O2. The highest BCUT2D eigenvalue weighted by Gasteiger charge is 2.08. The van der Waals surface area contributed by atoms with E-state index in [1.807, 2.05) is 73.7 Å². The van der Waals surface area contributed by atoms with E-state index in [4.69, 9.17) is 10.5 Å². The first-order valence-corrected chi connectivity index (χ1v) is 8.60. The Balaban J connectivity index is 1.61. The Labute approximate surface area is 158 Å². The van der Waals surface area contributed by atoms with Crippen LogP contribution in [0, 0.1) is 0 Å². The van der Waals surface area contributed by atoms with Gasteiger partial charge in [0.15, 0.2) is 6.61 Å². The van der Waals surface area contributed by atoms with Gasteiger partial charge in [-0.25, -0.2) is 5.43 Å². The molecule has 5 nitrogen and oxygen atoms in total. The number of rotatable bonds is 6. The maximum atomic E-state index is 12.1. The summed E-state index contributed by atoms with van der Waals surface area (Å²) >= 11 is 0. The Bertz CT molecular complexity index is 935.